The number of nitrogens with one attached hydrogen (secondary N) is 1. The number of carbonyl (C=O) groups is 2. The third-order valence-electron chi connectivity index (χ3n) is 2.61. The molecule has 0 aliphatic rings. The normalized spacial score (nSPS) is 12.8. The lowest BCUT2D eigenvalue weighted by molar-refractivity contribution is -0.142. The van der Waals surface area contributed by atoms with Crippen molar-refractivity contribution in [2.45, 2.75) is 20.0 Å². The minimum Gasteiger partial charge on any atom is -0.481 e. The summed E-state index contributed by atoms with van der Waals surface area (Å²) in [5.74, 6) is -2.52. The molecule has 0 radical (unpaired) electrons. The third kappa shape index (κ3) is 3.94. The van der Waals surface area contributed by atoms with Crippen LogP contribution in [0, 0.1) is 12.8 Å². The smallest absolute Gasteiger partial charge is 0.433 e. The van der Waals surface area contributed by atoms with Crippen LogP contribution < -0.4 is 5.32 Å². The van der Waals surface area contributed by atoms with Crippen LogP contribution in [0.4, 0.5) is 13.2 Å². The number of alkyl halides is 3. The first-order chi connectivity index (χ1) is 9.12. The highest BCUT2D eigenvalue weighted by Gasteiger charge is 2.33. The molecule has 1 unspecified atom stereocenters. The van der Waals surface area contributed by atoms with Gasteiger partial charge in [-0.25, -0.2) is 4.98 Å². The lowest BCUT2D eigenvalue weighted by Crippen LogP contribution is -2.32. The molecular formula is C12H13F3N2O3. The van der Waals surface area contributed by atoms with Crippen LogP contribution in [0.1, 0.15) is 28.7 Å². The van der Waals surface area contributed by atoms with E-state index in [1.165, 1.54) is 13.8 Å². The van der Waals surface area contributed by atoms with E-state index in [9.17, 15) is 22.8 Å². The van der Waals surface area contributed by atoms with Gasteiger partial charge in [-0.1, -0.05) is 6.92 Å². The highest BCUT2D eigenvalue weighted by Crippen LogP contribution is 2.28. The van der Waals surface area contributed by atoms with Crippen LogP contribution in [0.5, 0.6) is 0 Å². The molecule has 20 heavy (non-hydrogen) atoms. The maximum atomic E-state index is 12.4. The van der Waals surface area contributed by atoms with Crippen molar-refractivity contribution >= 4 is 11.9 Å². The number of halogens is 3. The first-order valence-electron chi connectivity index (χ1n) is 5.68. The van der Waals surface area contributed by atoms with Gasteiger partial charge < -0.3 is 10.4 Å². The van der Waals surface area contributed by atoms with Crippen molar-refractivity contribution in [3.05, 3.63) is 29.1 Å². The number of pyridine rings is 1. The Morgan fingerprint density at radius 2 is 2.00 bits per heavy atom. The van der Waals surface area contributed by atoms with Crippen molar-refractivity contribution in [3.63, 3.8) is 0 Å². The molecule has 1 rings (SSSR count). The first-order valence-corrected chi connectivity index (χ1v) is 5.68. The molecular weight excluding hydrogens is 277 g/mol. The van der Waals surface area contributed by atoms with E-state index < -0.39 is 29.7 Å². The van der Waals surface area contributed by atoms with Crippen LogP contribution in [0.2, 0.25) is 0 Å². The molecule has 0 aliphatic carbocycles. The fourth-order valence-corrected chi connectivity index (χ4v) is 1.39. The zero-order valence-electron chi connectivity index (χ0n) is 10.8. The van der Waals surface area contributed by atoms with Gasteiger partial charge in [-0.15, -0.1) is 0 Å². The van der Waals surface area contributed by atoms with Crippen LogP contribution in [0.25, 0.3) is 0 Å². The van der Waals surface area contributed by atoms with E-state index >= 15 is 0 Å². The second-order valence-corrected chi connectivity index (χ2v) is 4.28. The predicted octanol–water partition coefficient (Wildman–Crippen LogP) is 1.86. The average Bonchev–Trinajstić information content (AvgIpc) is 2.34. The molecule has 0 saturated heterocycles. The Morgan fingerprint density at radius 3 is 2.45 bits per heavy atom. The molecule has 0 saturated carbocycles. The van der Waals surface area contributed by atoms with Crippen molar-refractivity contribution in [2.75, 3.05) is 6.54 Å². The Morgan fingerprint density at radius 1 is 1.40 bits per heavy atom. The molecule has 5 nitrogen and oxygen atoms in total. The molecule has 1 amide bonds. The van der Waals surface area contributed by atoms with Crippen LogP contribution in [0.3, 0.4) is 0 Å². The standard InChI is InChI=1S/C12H13F3N2O3/c1-6(11(19)20)5-16-10(18)8-3-4-9(12(13,14)15)17-7(8)2/h3-4,6H,5H2,1-2H3,(H,16,18)(H,19,20). The highest BCUT2D eigenvalue weighted by molar-refractivity contribution is 5.95. The summed E-state index contributed by atoms with van der Waals surface area (Å²) < 4.78 is 37.2. The third-order valence-corrected chi connectivity index (χ3v) is 2.61. The van der Waals surface area contributed by atoms with E-state index in [4.69, 9.17) is 5.11 Å². The molecule has 0 aromatic carbocycles. The Kier molecular flexibility index (Phi) is 4.69. The van der Waals surface area contributed by atoms with Crippen molar-refractivity contribution in [1.82, 2.24) is 10.3 Å². The maximum absolute atomic E-state index is 12.4. The van der Waals surface area contributed by atoms with E-state index in [2.05, 4.69) is 10.3 Å². The molecule has 1 heterocycles. The van der Waals surface area contributed by atoms with Gasteiger partial charge in [-0.3, -0.25) is 9.59 Å². The SMILES string of the molecule is Cc1nc(C(F)(F)F)ccc1C(=O)NCC(C)C(=O)O. The zero-order chi connectivity index (χ0) is 15.5. The number of aryl methyl sites for hydroxylation is 1. The molecule has 0 aliphatic heterocycles. The summed E-state index contributed by atoms with van der Waals surface area (Å²) >= 11 is 0. The lowest BCUT2D eigenvalue weighted by atomic mass is 10.1. The van der Waals surface area contributed by atoms with E-state index in [0.29, 0.717) is 6.07 Å². The number of carbonyl (C=O) groups excluding carboxylic acids is 1. The number of rotatable bonds is 4. The Hall–Kier alpha value is -2.12. The van der Waals surface area contributed by atoms with Gasteiger partial charge in [0.2, 0.25) is 0 Å². The van der Waals surface area contributed by atoms with Crippen LogP contribution in [-0.4, -0.2) is 28.5 Å². The van der Waals surface area contributed by atoms with Crippen LogP contribution in [-0.2, 0) is 11.0 Å². The number of amides is 1. The topological polar surface area (TPSA) is 79.3 Å². The monoisotopic (exact) mass is 290 g/mol. The van der Waals surface area contributed by atoms with Gasteiger partial charge in [-0.2, -0.15) is 13.2 Å². The van der Waals surface area contributed by atoms with Gasteiger partial charge in [-0.05, 0) is 19.1 Å². The summed E-state index contributed by atoms with van der Waals surface area (Å²) in [7, 11) is 0. The second kappa shape index (κ2) is 5.89. The number of carboxylic acid groups (broad SMARTS) is 1. The quantitative estimate of drug-likeness (QED) is 0.887. The molecule has 110 valence electrons. The van der Waals surface area contributed by atoms with Gasteiger partial charge in [0.15, 0.2) is 0 Å². The fourth-order valence-electron chi connectivity index (χ4n) is 1.39. The number of hydrogen-bond donors (Lipinski definition) is 2. The fraction of sp³-hybridized carbons (Fsp3) is 0.417. The molecule has 8 heteroatoms. The van der Waals surface area contributed by atoms with Crippen LogP contribution in [0.15, 0.2) is 12.1 Å². The molecule has 1 atom stereocenters. The molecule has 2 N–H and O–H groups in total. The largest absolute Gasteiger partial charge is 0.481 e. The van der Waals surface area contributed by atoms with Gasteiger partial charge >= 0.3 is 12.1 Å². The van der Waals surface area contributed by atoms with Gasteiger partial charge in [0, 0.05) is 6.54 Å². The van der Waals surface area contributed by atoms with Crippen molar-refractivity contribution in [3.8, 4) is 0 Å². The molecule has 0 spiro atoms. The van der Waals surface area contributed by atoms with Gasteiger partial charge in [0.05, 0.1) is 17.2 Å². The Bertz CT molecular complexity index is 529. The number of aromatic nitrogens is 1. The zero-order valence-corrected chi connectivity index (χ0v) is 10.8. The average molecular weight is 290 g/mol. The minimum atomic E-state index is -4.57. The second-order valence-electron chi connectivity index (χ2n) is 4.28. The number of carboxylic acids is 1. The summed E-state index contributed by atoms with van der Waals surface area (Å²) in [5, 5.41) is 11.0. The van der Waals surface area contributed by atoms with E-state index in [-0.39, 0.29) is 17.8 Å². The Labute approximate surface area is 112 Å². The summed E-state index contributed by atoms with van der Waals surface area (Å²) in [6, 6.07) is 1.73. The number of nitrogens with zero attached hydrogens (tertiary/aromatic N) is 1. The van der Waals surface area contributed by atoms with Crippen molar-refractivity contribution in [1.29, 1.82) is 0 Å². The Balaban J connectivity index is 2.82. The highest BCUT2D eigenvalue weighted by atomic mass is 19.4. The summed E-state index contributed by atoms with van der Waals surface area (Å²) in [5.41, 5.74) is -1.17. The number of hydrogen-bond acceptors (Lipinski definition) is 3. The number of aliphatic carboxylic acids is 1. The molecule has 0 fully saturated rings. The first kappa shape index (κ1) is 15.9. The molecule has 1 aromatic rings. The molecule has 0 bridgehead atoms. The van der Waals surface area contributed by atoms with Crippen molar-refractivity contribution in [2.24, 2.45) is 5.92 Å². The predicted molar refractivity (Wildman–Crippen MR) is 63.1 cm³/mol. The van der Waals surface area contributed by atoms with E-state index in [0.717, 1.165) is 6.07 Å². The van der Waals surface area contributed by atoms with Crippen LogP contribution >= 0.6 is 0 Å². The maximum Gasteiger partial charge on any atom is 0.433 e. The van der Waals surface area contributed by atoms with E-state index in [1.807, 2.05) is 0 Å². The summed E-state index contributed by atoms with van der Waals surface area (Å²) in [6.45, 7) is 2.57. The van der Waals surface area contributed by atoms with E-state index in [1.54, 1.807) is 0 Å². The summed E-state index contributed by atoms with van der Waals surface area (Å²) in [6.07, 6.45) is -4.57. The van der Waals surface area contributed by atoms with Crippen molar-refractivity contribution < 1.29 is 27.9 Å². The van der Waals surface area contributed by atoms with Gasteiger partial charge in [0.1, 0.15) is 5.69 Å². The minimum absolute atomic E-state index is 0.0180. The summed E-state index contributed by atoms with van der Waals surface area (Å²) in [4.78, 5) is 25.6. The molecule has 1 aromatic heterocycles. The van der Waals surface area contributed by atoms with Gasteiger partial charge in [0.25, 0.3) is 5.91 Å². The lowest BCUT2D eigenvalue weighted by Gasteiger charge is -2.11.